The fourth-order valence-corrected chi connectivity index (χ4v) is 3.96. The summed E-state index contributed by atoms with van der Waals surface area (Å²) >= 11 is 13.3. The van der Waals surface area contributed by atoms with Crippen molar-refractivity contribution < 1.29 is 9.53 Å². The molecule has 0 aliphatic carbocycles. The summed E-state index contributed by atoms with van der Waals surface area (Å²) in [5, 5.41) is 12.7. The van der Waals surface area contributed by atoms with E-state index in [0.717, 1.165) is 5.75 Å². The predicted molar refractivity (Wildman–Crippen MR) is 131 cm³/mol. The first-order chi connectivity index (χ1) is 15.4. The number of anilines is 1. The van der Waals surface area contributed by atoms with Gasteiger partial charge in [0.25, 0.3) is 0 Å². The molecule has 1 heterocycles. The lowest BCUT2D eigenvalue weighted by atomic mass is 10.0. The Kier molecular flexibility index (Phi) is 8.61. The summed E-state index contributed by atoms with van der Waals surface area (Å²) < 4.78 is 7.76. The smallest absolute Gasteiger partial charge is 0.234 e. The molecule has 0 fully saturated rings. The average Bonchev–Trinajstić information content (AvgIpc) is 3.15. The van der Waals surface area contributed by atoms with Crippen LogP contribution < -0.4 is 10.1 Å². The Morgan fingerprint density at radius 1 is 1.22 bits per heavy atom. The number of amides is 1. The number of ether oxygens (including phenoxy) is 1. The largest absolute Gasteiger partial charge is 0.486 e. The summed E-state index contributed by atoms with van der Waals surface area (Å²) in [7, 11) is 0. The van der Waals surface area contributed by atoms with Gasteiger partial charge >= 0.3 is 0 Å². The van der Waals surface area contributed by atoms with Crippen molar-refractivity contribution >= 4 is 46.6 Å². The van der Waals surface area contributed by atoms with Crippen LogP contribution in [0.5, 0.6) is 5.75 Å². The topological polar surface area (TPSA) is 69.0 Å². The molecular formula is C23H24Cl2N4O2S. The van der Waals surface area contributed by atoms with Gasteiger partial charge in [-0.2, -0.15) is 0 Å². The summed E-state index contributed by atoms with van der Waals surface area (Å²) in [6, 6.07) is 12.9. The number of carbonyl (C=O) groups excluding carboxylic acids is 1. The summed E-state index contributed by atoms with van der Waals surface area (Å²) in [6.45, 7) is 8.86. The van der Waals surface area contributed by atoms with Crippen LogP contribution in [0.25, 0.3) is 0 Å². The minimum Gasteiger partial charge on any atom is -0.486 e. The van der Waals surface area contributed by atoms with Crippen LogP contribution in [0.4, 0.5) is 5.69 Å². The van der Waals surface area contributed by atoms with Gasteiger partial charge in [0.1, 0.15) is 12.4 Å². The molecular weight excluding hydrogens is 467 g/mol. The van der Waals surface area contributed by atoms with Crippen LogP contribution in [0.2, 0.25) is 10.0 Å². The Morgan fingerprint density at radius 3 is 2.66 bits per heavy atom. The first kappa shape index (κ1) is 24.2. The van der Waals surface area contributed by atoms with Gasteiger partial charge in [0.15, 0.2) is 11.0 Å². The molecule has 9 heteroatoms. The third kappa shape index (κ3) is 6.51. The maximum absolute atomic E-state index is 12.4. The van der Waals surface area contributed by atoms with Crippen LogP contribution in [-0.2, 0) is 17.9 Å². The van der Waals surface area contributed by atoms with Gasteiger partial charge in [-0.1, -0.05) is 67.0 Å². The molecule has 32 heavy (non-hydrogen) atoms. The minimum absolute atomic E-state index is 0.135. The molecule has 0 atom stereocenters. The zero-order chi connectivity index (χ0) is 23.1. The molecule has 2 aromatic carbocycles. The van der Waals surface area contributed by atoms with E-state index in [0.29, 0.717) is 39.2 Å². The van der Waals surface area contributed by atoms with E-state index in [1.54, 1.807) is 24.3 Å². The molecule has 1 aromatic heterocycles. The lowest BCUT2D eigenvalue weighted by molar-refractivity contribution is -0.113. The van der Waals surface area contributed by atoms with E-state index >= 15 is 0 Å². The number of nitrogens with zero attached hydrogens (tertiary/aromatic N) is 3. The van der Waals surface area contributed by atoms with Crippen LogP contribution in [0, 0.1) is 0 Å². The Bertz CT molecular complexity index is 1080. The summed E-state index contributed by atoms with van der Waals surface area (Å²) in [5.74, 6) is 1.78. The molecule has 0 radical (unpaired) electrons. The van der Waals surface area contributed by atoms with Crippen LogP contribution in [0.3, 0.4) is 0 Å². The molecule has 1 amide bonds. The first-order valence-corrected chi connectivity index (χ1v) is 11.7. The predicted octanol–water partition coefficient (Wildman–Crippen LogP) is 6.20. The van der Waals surface area contributed by atoms with Crippen molar-refractivity contribution in [3.8, 4) is 5.75 Å². The van der Waals surface area contributed by atoms with Crippen LogP contribution in [-0.4, -0.2) is 26.4 Å². The number of nitrogens with one attached hydrogen (secondary N) is 1. The number of thioether (sulfide) groups is 1. The van der Waals surface area contributed by atoms with Crippen molar-refractivity contribution in [3.63, 3.8) is 0 Å². The van der Waals surface area contributed by atoms with Crippen molar-refractivity contribution in [1.29, 1.82) is 0 Å². The van der Waals surface area contributed by atoms with E-state index in [9.17, 15) is 4.79 Å². The van der Waals surface area contributed by atoms with E-state index in [1.165, 1.54) is 17.3 Å². The van der Waals surface area contributed by atoms with Crippen LogP contribution >= 0.6 is 35.0 Å². The maximum Gasteiger partial charge on any atom is 0.234 e. The fraction of sp³-hybridized carbons (Fsp3) is 0.261. The monoisotopic (exact) mass is 490 g/mol. The Labute approximate surface area is 202 Å². The van der Waals surface area contributed by atoms with E-state index in [2.05, 4.69) is 48.1 Å². The molecule has 0 saturated carbocycles. The van der Waals surface area contributed by atoms with Crippen LogP contribution in [0.15, 0.2) is 60.3 Å². The van der Waals surface area contributed by atoms with Gasteiger partial charge < -0.3 is 10.1 Å². The van der Waals surface area contributed by atoms with Gasteiger partial charge in [-0.25, -0.2) is 0 Å². The number of allylic oxidation sites excluding steroid dienone is 1. The second-order valence-electron chi connectivity index (χ2n) is 7.27. The van der Waals surface area contributed by atoms with E-state index < -0.39 is 0 Å². The van der Waals surface area contributed by atoms with Crippen LogP contribution in [0.1, 0.15) is 31.2 Å². The molecule has 0 saturated heterocycles. The number of carbonyl (C=O) groups is 1. The van der Waals surface area contributed by atoms with Crippen molar-refractivity contribution in [3.05, 3.63) is 76.6 Å². The van der Waals surface area contributed by atoms with Gasteiger partial charge in [0, 0.05) is 11.6 Å². The Morgan fingerprint density at radius 2 is 1.97 bits per heavy atom. The zero-order valence-electron chi connectivity index (χ0n) is 17.8. The van der Waals surface area contributed by atoms with Crippen molar-refractivity contribution in [2.45, 2.75) is 38.1 Å². The van der Waals surface area contributed by atoms with E-state index in [4.69, 9.17) is 27.9 Å². The third-order valence-corrected chi connectivity index (χ3v) is 6.09. The second-order valence-corrected chi connectivity index (χ2v) is 9.06. The molecule has 3 aromatic rings. The highest BCUT2D eigenvalue weighted by Gasteiger charge is 2.15. The van der Waals surface area contributed by atoms with Crippen molar-refractivity contribution in [1.82, 2.24) is 14.8 Å². The Balaban J connectivity index is 1.61. The molecule has 0 aliphatic heterocycles. The van der Waals surface area contributed by atoms with Gasteiger partial charge in [-0.05, 0) is 41.8 Å². The summed E-state index contributed by atoms with van der Waals surface area (Å²) in [6.07, 6.45) is 1.75. The van der Waals surface area contributed by atoms with Crippen molar-refractivity contribution in [2.24, 2.45) is 0 Å². The maximum atomic E-state index is 12.4. The van der Waals surface area contributed by atoms with Gasteiger partial charge in [0.05, 0.1) is 16.5 Å². The number of benzene rings is 2. The fourth-order valence-electron chi connectivity index (χ4n) is 2.85. The van der Waals surface area contributed by atoms with Gasteiger partial charge in [0.2, 0.25) is 5.91 Å². The highest BCUT2D eigenvalue weighted by atomic mass is 35.5. The standard InChI is InChI=1S/C23H24Cl2N4O2S/c1-4-11-29-21(13-31-18-8-5-16(6-9-18)15(2)3)27-28-23(29)32-14-22(30)26-20-12-17(24)7-10-19(20)25/h4-10,12,15H,1,11,13-14H2,2-3H3,(H,26,30). The summed E-state index contributed by atoms with van der Waals surface area (Å²) in [4.78, 5) is 12.4. The molecule has 1 N–H and O–H groups in total. The quantitative estimate of drug-likeness (QED) is 0.270. The lowest BCUT2D eigenvalue weighted by Gasteiger charge is -2.11. The average molecular weight is 491 g/mol. The molecule has 0 bridgehead atoms. The highest BCUT2D eigenvalue weighted by molar-refractivity contribution is 7.99. The summed E-state index contributed by atoms with van der Waals surface area (Å²) in [5.41, 5.74) is 1.72. The SMILES string of the molecule is C=CCn1c(COc2ccc(C(C)C)cc2)nnc1SCC(=O)Nc1cc(Cl)ccc1Cl. The van der Waals surface area contributed by atoms with E-state index in [-0.39, 0.29) is 18.3 Å². The highest BCUT2D eigenvalue weighted by Crippen LogP contribution is 2.26. The normalized spacial score (nSPS) is 10.9. The molecule has 6 nitrogen and oxygen atoms in total. The second kappa shape index (κ2) is 11.4. The molecule has 0 spiro atoms. The third-order valence-electron chi connectivity index (χ3n) is 4.55. The van der Waals surface area contributed by atoms with Crippen molar-refractivity contribution in [2.75, 3.05) is 11.1 Å². The molecule has 0 unspecified atom stereocenters. The molecule has 3 rings (SSSR count). The zero-order valence-corrected chi connectivity index (χ0v) is 20.2. The van der Waals surface area contributed by atoms with Gasteiger partial charge in [-0.15, -0.1) is 16.8 Å². The number of aromatic nitrogens is 3. The number of halogens is 2. The lowest BCUT2D eigenvalue weighted by Crippen LogP contribution is -2.15. The van der Waals surface area contributed by atoms with Gasteiger partial charge in [-0.3, -0.25) is 9.36 Å². The molecule has 168 valence electrons. The number of hydrogen-bond donors (Lipinski definition) is 1. The minimum atomic E-state index is -0.227. The first-order valence-electron chi connectivity index (χ1n) is 10.0. The number of rotatable bonds is 10. The Hall–Kier alpha value is -2.48. The number of hydrogen-bond acceptors (Lipinski definition) is 5. The molecule has 0 aliphatic rings. The van der Waals surface area contributed by atoms with E-state index in [1.807, 2.05) is 16.7 Å².